The van der Waals surface area contributed by atoms with E-state index < -0.39 is 0 Å². The smallest absolute Gasteiger partial charge is 0.310 e. The Bertz CT molecular complexity index is 692. The number of carbonyl (C=O) groups excluding carboxylic acids is 1. The van der Waals surface area contributed by atoms with Crippen molar-refractivity contribution in [2.75, 3.05) is 48.6 Å². The predicted molar refractivity (Wildman–Crippen MR) is 103 cm³/mol. The van der Waals surface area contributed by atoms with Crippen molar-refractivity contribution in [1.29, 1.82) is 0 Å². The molecular weight excluding hydrogens is 350 g/mol. The van der Waals surface area contributed by atoms with Gasteiger partial charge in [-0.25, -0.2) is 0 Å². The molecular formula is C19H29N3O5. The molecule has 27 heavy (non-hydrogen) atoms. The predicted octanol–water partition coefficient (Wildman–Crippen LogP) is 1.53. The lowest BCUT2D eigenvalue weighted by Gasteiger charge is -2.22. The molecule has 1 aromatic carbocycles. The van der Waals surface area contributed by atoms with Crippen molar-refractivity contribution >= 4 is 11.9 Å². The summed E-state index contributed by atoms with van der Waals surface area (Å²) in [5, 5.41) is 3.34. The topological polar surface area (TPSA) is 81.6 Å². The summed E-state index contributed by atoms with van der Waals surface area (Å²) in [4.78, 5) is 18.3. The minimum atomic E-state index is -0.179. The molecule has 0 amide bonds. The minimum absolute atomic E-state index is 0.149. The summed E-state index contributed by atoms with van der Waals surface area (Å²) in [5.74, 6) is 2.37. The van der Waals surface area contributed by atoms with Gasteiger partial charge in [0, 0.05) is 32.2 Å². The van der Waals surface area contributed by atoms with Crippen molar-refractivity contribution in [3.8, 4) is 17.2 Å². The summed E-state index contributed by atoms with van der Waals surface area (Å²) < 4.78 is 21.2. The van der Waals surface area contributed by atoms with Gasteiger partial charge < -0.3 is 29.2 Å². The number of ether oxygens (including phenoxy) is 4. The van der Waals surface area contributed by atoms with Crippen LogP contribution in [-0.4, -0.2) is 65.4 Å². The van der Waals surface area contributed by atoms with Crippen LogP contribution in [0.3, 0.4) is 0 Å². The first kappa shape index (κ1) is 20.7. The van der Waals surface area contributed by atoms with Crippen molar-refractivity contribution in [2.45, 2.75) is 13.5 Å². The highest BCUT2D eigenvalue weighted by molar-refractivity contribution is 5.82. The van der Waals surface area contributed by atoms with E-state index in [1.165, 1.54) is 7.11 Å². The zero-order valence-corrected chi connectivity index (χ0v) is 16.9. The van der Waals surface area contributed by atoms with Crippen LogP contribution in [0.5, 0.6) is 17.2 Å². The van der Waals surface area contributed by atoms with Crippen LogP contribution in [0, 0.1) is 11.8 Å². The molecule has 1 N–H and O–H groups in total. The fraction of sp³-hybridized carbons (Fsp3) is 0.579. The minimum Gasteiger partial charge on any atom is -0.493 e. The number of benzene rings is 1. The Morgan fingerprint density at radius 3 is 2.41 bits per heavy atom. The molecule has 1 aromatic rings. The van der Waals surface area contributed by atoms with Crippen molar-refractivity contribution in [3.63, 3.8) is 0 Å². The Kier molecular flexibility index (Phi) is 7.15. The first-order valence-corrected chi connectivity index (χ1v) is 8.81. The van der Waals surface area contributed by atoms with Gasteiger partial charge in [-0.1, -0.05) is 6.92 Å². The molecule has 1 aliphatic rings. The third-order valence-electron chi connectivity index (χ3n) is 4.85. The first-order valence-electron chi connectivity index (χ1n) is 8.81. The molecule has 1 aliphatic heterocycles. The highest BCUT2D eigenvalue weighted by Gasteiger charge is 2.36. The molecule has 2 rings (SSSR count). The van der Waals surface area contributed by atoms with E-state index in [1.807, 2.05) is 19.1 Å². The van der Waals surface area contributed by atoms with Crippen LogP contribution in [-0.2, 0) is 16.1 Å². The Morgan fingerprint density at radius 2 is 1.85 bits per heavy atom. The molecule has 2 unspecified atom stereocenters. The second kappa shape index (κ2) is 9.34. The third-order valence-corrected chi connectivity index (χ3v) is 4.85. The van der Waals surface area contributed by atoms with E-state index in [2.05, 4.69) is 15.2 Å². The summed E-state index contributed by atoms with van der Waals surface area (Å²) in [5.41, 5.74) is 0.910. The maximum Gasteiger partial charge on any atom is 0.310 e. The van der Waals surface area contributed by atoms with Gasteiger partial charge in [-0.15, -0.1) is 0 Å². The van der Waals surface area contributed by atoms with E-state index in [4.69, 9.17) is 18.9 Å². The van der Waals surface area contributed by atoms with Crippen LogP contribution in [0.25, 0.3) is 0 Å². The Hall–Kier alpha value is -2.64. The number of guanidine groups is 1. The normalized spacial score (nSPS) is 19.6. The van der Waals surface area contributed by atoms with Crippen LogP contribution >= 0.6 is 0 Å². The summed E-state index contributed by atoms with van der Waals surface area (Å²) in [6, 6.07) is 3.76. The molecule has 150 valence electrons. The highest BCUT2D eigenvalue weighted by atomic mass is 16.5. The van der Waals surface area contributed by atoms with E-state index in [1.54, 1.807) is 28.4 Å². The van der Waals surface area contributed by atoms with E-state index in [0.29, 0.717) is 30.3 Å². The second-order valence-electron chi connectivity index (χ2n) is 6.41. The van der Waals surface area contributed by atoms with Crippen LogP contribution in [0.15, 0.2) is 17.1 Å². The van der Waals surface area contributed by atoms with Gasteiger partial charge in [0.25, 0.3) is 0 Å². The number of nitrogens with zero attached hydrogens (tertiary/aromatic N) is 2. The molecule has 0 saturated carbocycles. The molecule has 0 radical (unpaired) electrons. The van der Waals surface area contributed by atoms with Crippen molar-refractivity contribution < 1.29 is 23.7 Å². The fourth-order valence-electron chi connectivity index (χ4n) is 3.41. The van der Waals surface area contributed by atoms with Gasteiger partial charge in [-0.3, -0.25) is 9.79 Å². The summed E-state index contributed by atoms with van der Waals surface area (Å²) in [7, 11) is 7.91. The third kappa shape index (κ3) is 4.37. The first-order chi connectivity index (χ1) is 13.0. The lowest BCUT2D eigenvalue weighted by molar-refractivity contribution is -0.145. The molecule has 0 bridgehead atoms. The molecule has 8 heteroatoms. The van der Waals surface area contributed by atoms with Gasteiger partial charge in [-0.2, -0.15) is 0 Å². The monoisotopic (exact) mass is 379 g/mol. The van der Waals surface area contributed by atoms with E-state index in [9.17, 15) is 4.79 Å². The van der Waals surface area contributed by atoms with Gasteiger partial charge in [0.15, 0.2) is 17.5 Å². The van der Waals surface area contributed by atoms with E-state index in [-0.39, 0.29) is 17.8 Å². The Labute approximate surface area is 160 Å². The Balaban J connectivity index is 2.12. The number of methoxy groups -OCH3 is 4. The molecule has 1 fully saturated rings. The quantitative estimate of drug-likeness (QED) is 0.456. The molecule has 0 aliphatic carbocycles. The second-order valence-corrected chi connectivity index (χ2v) is 6.41. The van der Waals surface area contributed by atoms with Gasteiger partial charge in [0.05, 0.1) is 34.4 Å². The average molecular weight is 379 g/mol. The van der Waals surface area contributed by atoms with Crippen LogP contribution in [0.4, 0.5) is 0 Å². The number of likely N-dealkylation sites (tertiary alicyclic amines) is 1. The van der Waals surface area contributed by atoms with Gasteiger partial charge in [0.2, 0.25) is 5.75 Å². The number of nitrogens with one attached hydrogen (secondary N) is 1. The van der Waals surface area contributed by atoms with Crippen molar-refractivity contribution in [1.82, 2.24) is 10.2 Å². The van der Waals surface area contributed by atoms with Gasteiger partial charge in [0.1, 0.15) is 0 Å². The van der Waals surface area contributed by atoms with E-state index >= 15 is 0 Å². The molecule has 8 nitrogen and oxygen atoms in total. The Morgan fingerprint density at radius 1 is 1.15 bits per heavy atom. The van der Waals surface area contributed by atoms with Gasteiger partial charge in [-0.05, 0) is 18.1 Å². The summed E-state index contributed by atoms with van der Waals surface area (Å²) >= 11 is 0. The van der Waals surface area contributed by atoms with Crippen molar-refractivity contribution in [2.24, 2.45) is 16.8 Å². The van der Waals surface area contributed by atoms with Crippen LogP contribution in [0.1, 0.15) is 12.5 Å². The number of carbonyl (C=O) groups is 1. The fourth-order valence-corrected chi connectivity index (χ4v) is 3.41. The zero-order valence-electron chi connectivity index (χ0n) is 16.9. The zero-order chi connectivity index (χ0) is 20.0. The number of esters is 1. The summed E-state index contributed by atoms with van der Waals surface area (Å²) in [6.45, 7) is 3.86. The van der Waals surface area contributed by atoms with Crippen molar-refractivity contribution in [3.05, 3.63) is 17.7 Å². The molecule has 2 atom stereocenters. The van der Waals surface area contributed by atoms with Gasteiger partial charge >= 0.3 is 5.97 Å². The maximum absolute atomic E-state index is 11.9. The largest absolute Gasteiger partial charge is 0.493 e. The lowest BCUT2D eigenvalue weighted by Crippen LogP contribution is -2.40. The number of hydrogen-bond donors (Lipinski definition) is 1. The number of rotatable bonds is 6. The lowest BCUT2D eigenvalue weighted by atomic mass is 9.99. The molecule has 1 heterocycles. The standard InChI is InChI=1S/C19H29N3O5/c1-12-10-22(11-14(12)18(23)27-6)19(20-2)21-9-13-7-8-15(24-3)17(26-5)16(13)25-4/h7-8,12,14H,9-11H2,1-6H3,(H,20,21). The average Bonchev–Trinajstić information content (AvgIpc) is 3.08. The SMILES string of the molecule is CN=C(NCc1ccc(OC)c(OC)c1OC)N1CC(C)C(C(=O)OC)C1. The molecule has 0 aromatic heterocycles. The van der Waals surface area contributed by atoms with E-state index in [0.717, 1.165) is 18.1 Å². The summed E-state index contributed by atoms with van der Waals surface area (Å²) in [6.07, 6.45) is 0. The highest BCUT2D eigenvalue weighted by Crippen LogP contribution is 2.39. The van der Waals surface area contributed by atoms with Crippen LogP contribution < -0.4 is 19.5 Å². The van der Waals surface area contributed by atoms with Crippen LogP contribution in [0.2, 0.25) is 0 Å². The number of aliphatic imine (C=N–C) groups is 1. The number of hydrogen-bond acceptors (Lipinski definition) is 6. The maximum atomic E-state index is 11.9. The molecule has 0 spiro atoms. The molecule has 1 saturated heterocycles.